The molecule has 3 aromatic rings. The van der Waals surface area contributed by atoms with E-state index in [1.54, 1.807) is 0 Å². The molecule has 3 aromatic carbocycles. The first-order valence-electron chi connectivity index (χ1n) is 11.7. The fourth-order valence-corrected chi connectivity index (χ4v) is 5.62. The number of hydrogen-bond acceptors (Lipinski definition) is 2. The molecule has 0 bridgehead atoms. The molecule has 3 heteroatoms. The van der Waals surface area contributed by atoms with Gasteiger partial charge >= 0.3 is 0 Å². The summed E-state index contributed by atoms with van der Waals surface area (Å²) in [5.74, 6) is 0. The predicted octanol–water partition coefficient (Wildman–Crippen LogP) is 6.37. The third-order valence-electron chi connectivity index (χ3n) is 7.75. The molecule has 1 atom stereocenters. The van der Waals surface area contributed by atoms with E-state index in [2.05, 4.69) is 96.8 Å². The molecule has 0 amide bonds. The van der Waals surface area contributed by atoms with Gasteiger partial charge in [-0.2, -0.15) is 0 Å². The third kappa shape index (κ3) is 4.37. The van der Waals surface area contributed by atoms with Crippen molar-refractivity contribution >= 4 is 12.4 Å². The molecule has 0 aromatic heterocycles. The number of fused-ring (bicyclic) bond motifs is 1. The van der Waals surface area contributed by atoms with Gasteiger partial charge in [0.25, 0.3) is 0 Å². The van der Waals surface area contributed by atoms with Gasteiger partial charge in [-0.1, -0.05) is 91.9 Å². The van der Waals surface area contributed by atoms with E-state index in [9.17, 15) is 0 Å². The van der Waals surface area contributed by atoms with Crippen LogP contribution in [0.2, 0.25) is 0 Å². The minimum atomic E-state index is -0.0592. The lowest BCUT2D eigenvalue weighted by atomic mass is 9.69. The van der Waals surface area contributed by atoms with Crippen LogP contribution in [0.5, 0.6) is 0 Å². The highest BCUT2D eigenvalue weighted by Crippen LogP contribution is 2.42. The Morgan fingerprint density at radius 2 is 1.38 bits per heavy atom. The number of rotatable bonds is 5. The molecule has 5 rings (SSSR count). The maximum Gasteiger partial charge on any atom is 0.0720 e. The zero-order chi connectivity index (χ0) is 21.2. The Morgan fingerprint density at radius 1 is 0.781 bits per heavy atom. The summed E-state index contributed by atoms with van der Waals surface area (Å²) in [6.45, 7) is 7.37. The minimum Gasteiger partial charge on any atom is -0.375 e. The van der Waals surface area contributed by atoms with Crippen LogP contribution in [0.4, 0.5) is 0 Å². The molecule has 2 heterocycles. The van der Waals surface area contributed by atoms with Crippen LogP contribution in [-0.4, -0.2) is 31.1 Å². The molecule has 2 nitrogen and oxygen atoms in total. The van der Waals surface area contributed by atoms with Gasteiger partial charge in [0, 0.05) is 5.41 Å². The Hall–Kier alpha value is -2.13. The normalized spacial score (nSPS) is 22.5. The van der Waals surface area contributed by atoms with Gasteiger partial charge in [0.15, 0.2) is 0 Å². The highest BCUT2D eigenvalue weighted by Gasteiger charge is 2.40. The fraction of sp³-hybridized carbons (Fsp3) is 0.379. The van der Waals surface area contributed by atoms with Crippen molar-refractivity contribution in [2.45, 2.75) is 43.6 Å². The Bertz CT molecular complexity index is 998. The van der Waals surface area contributed by atoms with E-state index in [4.69, 9.17) is 4.74 Å². The first-order valence-corrected chi connectivity index (χ1v) is 11.7. The number of nitrogens with zero attached hydrogens (tertiary/aromatic N) is 1. The topological polar surface area (TPSA) is 12.5 Å². The summed E-state index contributed by atoms with van der Waals surface area (Å²) in [6, 6.07) is 31.0. The van der Waals surface area contributed by atoms with Crippen LogP contribution < -0.4 is 0 Å². The lowest BCUT2D eigenvalue weighted by Crippen LogP contribution is -2.45. The average Bonchev–Trinajstić information content (AvgIpc) is 2.85. The van der Waals surface area contributed by atoms with Crippen molar-refractivity contribution < 1.29 is 4.74 Å². The van der Waals surface area contributed by atoms with Gasteiger partial charge in [-0.05, 0) is 66.6 Å². The number of benzene rings is 3. The van der Waals surface area contributed by atoms with Crippen LogP contribution in [0.1, 0.15) is 48.4 Å². The maximum absolute atomic E-state index is 6.18. The monoisotopic (exact) mass is 447 g/mol. The molecule has 0 radical (unpaired) electrons. The average molecular weight is 448 g/mol. The van der Waals surface area contributed by atoms with Gasteiger partial charge < -0.3 is 9.64 Å². The summed E-state index contributed by atoms with van der Waals surface area (Å²) in [6.07, 6.45) is 3.54. The molecule has 1 fully saturated rings. The summed E-state index contributed by atoms with van der Waals surface area (Å²) in [5, 5.41) is 0. The van der Waals surface area contributed by atoms with E-state index < -0.39 is 0 Å². The molecule has 0 spiro atoms. The molecular weight excluding hydrogens is 414 g/mol. The van der Waals surface area contributed by atoms with Crippen LogP contribution in [0.25, 0.3) is 0 Å². The van der Waals surface area contributed by atoms with Crippen molar-refractivity contribution in [2.75, 3.05) is 26.2 Å². The second-order valence-corrected chi connectivity index (χ2v) is 9.62. The molecule has 0 aliphatic carbocycles. The zero-order valence-corrected chi connectivity index (χ0v) is 19.8. The molecule has 2 aliphatic rings. The Kier molecular flexibility index (Phi) is 7.05. The number of likely N-dealkylation sites (tertiary alicyclic amines) is 1. The highest BCUT2D eigenvalue weighted by molar-refractivity contribution is 5.85. The van der Waals surface area contributed by atoms with Crippen LogP contribution >= 0.6 is 12.4 Å². The predicted molar refractivity (Wildman–Crippen MR) is 135 cm³/mol. The molecule has 1 saturated heterocycles. The number of piperidine rings is 1. The highest BCUT2D eigenvalue weighted by atomic mass is 35.5. The van der Waals surface area contributed by atoms with Crippen molar-refractivity contribution in [3.05, 3.63) is 107 Å². The fourth-order valence-electron chi connectivity index (χ4n) is 5.62. The Labute approximate surface area is 199 Å². The quantitative estimate of drug-likeness (QED) is 0.450. The lowest BCUT2D eigenvalue weighted by molar-refractivity contribution is 0.0547. The first-order chi connectivity index (χ1) is 15.2. The minimum absolute atomic E-state index is 0. The summed E-state index contributed by atoms with van der Waals surface area (Å²) < 4.78 is 6.18. The molecule has 0 N–H and O–H groups in total. The molecule has 2 aliphatic heterocycles. The van der Waals surface area contributed by atoms with Crippen LogP contribution in [-0.2, 0) is 22.2 Å². The summed E-state index contributed by atoms with van der Waals surface area (Å²) in [5.41, 5.74) is 5.91. The van der Waals surface area contributed by atoms with Crippen molar-refractivity contribution in [1.82, 2.24) is 4.90 Å². The van der Waals surface area contributed by atoms with E-state index >= 15 is 0 Å². The van der Waals surface area contributed by atoms with Gasteiger partial charge in [-0.3, -0.25) is 0 Å². The van der Waals surface area contributed by atoms with Crippen LogP contribution in [0.15, 0.2) is 84.9 Å². The van der Waals surface area contributed by atoms with Crippen molar-refractivity contribution in [3.63, 3.8) is 0 Å². The summed E-state index contributed by atoms with van der Waals surface area (Å²) in [7, 11) is 0. The third-order valence-corrected chi connectivity index (χ3v) is 7.75. The number of halogens is 1. The van der Waals surface area contributed by atoms with Crippen molar-refractivity contribution in [1.29, 1.82) is 0 Å². The second kappa shape index (κ2) is 9.79. The summed E-state index contributed by atoms with van der Waals surface area (Å²) in [4.78, 5) is 2.67. The molecule has 1 unspecified atom stereocenters. The van der Waals surface area contributed by atoms with Gasteiger partial charge in [-0.25, -0.2) is 0 Å². The second-order valence-electron chi connectivity index (χ2n) is 9.62. The maximum atomic E-state index is 6.18. The van der Waals surface area contributed by atoms with Gasteiger partial charge in [0.05, 0.1) is 13.2 Å². The van der Waals surface area contributed by atoms with E-state index in [1.165, 1.54) is 48.2 Å². The smallest absolute Gasteiger partial charge is 0.0720 e. The Morgan fingerprint density at radius 3 is 2.06 bits per heavy atom. The standard InChI is InChI=1S/C29H33NO.ClH/c1-28(25-11-4-2-5-12-25)16-19-30(20-17-28)21-18-29(26-13-6-3-7-14-26)23-31-22-24-10-8-9-15-27(24)29;/h2-15H,16-23H2,1H3;1H. The van der Waals surface area contributed by atoms with Crippen LogP contribution in [0, 0.1) is 0 Å². The summed E-state index contributed by atoms with van der Waals surface area (Å²) >= 11 is 0. The first kappa shape index (κ1) is 23.0. The Balaban J connectivity index is 0.00000245. The molecule has 168 valence electrons. The number of ether oxygens (including phenoxy) is 1. The van der Waals surface area contributed by atoms with Gasteiger partial charge in [0.2, 0.25) is 0 Å². The molecular formula is C29H34ClNO. The van der Waals surface area contributed by atoms with E-state index in [0.717, 1.165) is 26.2 Å². The van der Waals surface area contributed by atoms with E-state index in [0.29, 0.717) is 5.41 Å². The molecule has 0 saturated carbocycles. The van der Waals surface area contributed by atoms with Gasteiger partial charge in [-0.15, -0.1) is 12.4 Å². The zero-order valence-electron chi connectivity index (χ0n) is 19.0. The molecule has 32 heavy (non-hydrogen) atoms. The van der Waals surface area contributed by atoms with Gasteiger partial charge in [0.1, 0.15) is 0 Å². The van der Waals surface area contributed by atoms with E-state index in [1.807, 2.05) is 0 Å². The lowest BCUT2D eigenvalue weighted by Gasteiger charge is -2.43. The number of hydrogen-bond donors (Lipinski definition) is 0. The van der Waals surface area contributed by atoms with Crippen molar-refractivity contribution in [3.8, 4) is 0 Å². The van der Waals surface area contributed by atoms with Crippen LogP contribution in [0.3, 0.4) is 0 Å². The SMILES string of the molecule is CC1(c2ccccc2)CCN(CCC2(c3ccccc3)COCc3ccccc32)CC1.Cl. The van der Waals surface area contributed by atoms with E-state index in [-0.39, 0.29) is 17.8 Å². The van der Waals surface area contributed by atoms with Crippen molar-refractivity contribution in [2.24, 2.45) is 0 Å². The largest absolute Gasteiger partial charge is 0.375 e.